The van der Waals surface area contributed by atoms with Gasteiger partial charge in [0, 0.05) is 6.92 Å². The fourth-order valence-electron chi connectivity index (χ4n) is 2.09. The Morgan fingerprint density at radius 2 is 1.71 bits per heavy atom. The zero-order valence-electron chi connectivity index (χ0n) is 10.1. The maximum Gasteiger partial charge on any atom is 0.390 e. The van der Waals surface area contributed by atoms with Gasteiger partial charge < -0.3 is 10.2 Å². The van der Waals surface area contributed by atoms with Crippen molar-refractivity contribution in [2.75, 3.05) is 6.54 Å². The van der Waals surface area contributed by atoms with Crippen LogP contribution in [0.4, 0.5) is 0 Å². The first-order chi connectivity index (χ1) is 7.89. The van der Waals surface area contributed by atoms with E-state index in [1.165, 1.54) is 6.92 Å². The van der Waals surface area contributed by atoms with Gasteiger partial charge in [0.1, 0.15) is 0 Å². The summed E-state index contributed by atoms with van der Waals surface area (Å²) in [7, 11) is -2.88. The Morgan fingerprint density at radius 1 is 1.24 bits per heavy atom. The second kappa shape index (κ2) is 4.01. The lowest BCUT2D eigenvalue weighted by Gasteiger charge is -2.31. The van der Waals surface area contributed by atoms with Crippen molar-refractivity contribution in [2.45, 2.75) is 44.1 Å². The van der Waals surface area contributed by atoms with E-state index < -0.39 is 25.1 Å². The van der Waals surface area contributed by atoms with E-state index in [2.05, 4.69) is 0 Å². The molecule has 98 valence electrons. The summed E-state index contributed by atoms with van der Waals surface area (Å²) in [4.78, 5) is 31.4. The lowest BCUT2D eigenvalue weighted by atomic mass is 10.5. The van der Waals surface area contributed by atoms with E-state index in [0.717, 1.165) is 0 Å². The van der Waals surface area contributed by atoms with Crippen LogP contribution in [0.3, 0.4) is 0 Å². The van der Waals surface area contributed by atoms with Crippen molar-refractivity contribution < 1.29 is 28.8 Å². The summed E-state index contributed by atoms with van der Waals surface area (Å²) >= 11 is 0. The zero-order valence-corrected chi connectivity index (χ0v) is 11.1. The molecule has 0 aliphatic carbocycles. The van der Waals surface area contributed by atoms with Gasteiger partial charge in [-0.15, -0.1) is 0 Å². The monoisotopic (exact) mass is 263 g/mol. The van der Waals surface area contributed by atoms with E-state index in [4.69, 9.17) is 29.7 Å². The molecule has 0 bridgehead atoms. The first-order valence-electron chi connectivity index (χ1n) is 5.52. The van der Waals surface area contributed by atoms with Crippen LogP contribution in [0.1, 0.15) is 27.2 Å². The summed E-state index contributed by atoms with van der Waals surface area (Å²) in [6, 6.07) is 0.566. The van der Waals surface area contributed by atoms with Crippen LogP contribution in [-0.2, 0) is 28.8 Å². The van der Waals surface area contributed by atoms with E-state index in [0.29, 0.717) is 19.0 Å². The van der Waals surface area contributed by atoms with Gasteiger partial charge in [0.15, 0.2) is 0 Å². The maximum atomic E-state index is 11.3. The van der Waals surface area contributed by atoms with Crippen molar-refractivity contribution in [3.05, 3.63) is 0 Å². The van der Waals surface area contributed by atoms with Gasteiger partial charge in [-0.2, -0.15) is 19.6 Å². The summed E-state index contributed by atoms with van der Waals surface area (Å²) in [6.07, 6.45) is 0.685. The number of carbonyl (C=O) groups is 1. The number of hydrogen-bond acceptors (Lipinski definition) is 7. The molecule has 0 amide bonds. The normalized spacial score (nSPS) is 24.2. The summed E-state index contributed by atoms with van der Waals surface area (Å²) in [5, 5.41) is 0. The highest BCUT2D eigenvalue weighted by molar-refractivity contribution is 6.80. The third-order valence-corrected chi connectivity index (χ3v) is 8.15. The van der Waals surface area contributed by atoms with Crippen LogP contribution in [0, 0.1) is 0 Å². The number of nitrogens with two attached hydrogens (primary N) is 1. The van der Waals surface area contributed by atoms with Crippen LogP contribution in [-0.4, -0.2) is 31.7 Å². The Bertz CT molecular complexity index is 309. The van der Waals surface area contributed by atoms with Crippen molar-refractivity contribution in [3.63, 3.8) is 0 Å². The Hall–Kier alpha value is -0.513. The summed E-state index contributed by atoms with van der Waals surface area (Å²) in [6.45, 7) is 5.30. The van der Waals surface area contributed by atoms with Crippen LogP contribution >= 0.6 is 0 Å². The van der Waals surface area contributed by atoms with Crippen molar-refractivity contribution in [3.8, 4) is 0 Å². The first kappa shape index (κ1) is 12.9. The summed E-state index contributed by atoms with van der Waals surface area (Å²) in [5.41, 5.74) is 3.68. The highest BCUT2D eigenvalue weighted by atomic mass is 28.4. The van der Waals surface area contributed by atoms with Crippen LogP contribution in [0.25, 0.3) is 0 Å². The standard InChI is InChI=1S/C9H17NO6Si/c1-7(11)12-17(6-4-5-10,8(2)13-14-8)9(3)15-16-9/h4-6,10H2,1-3H3. The molecular formula is C9H17NO6Si. The predicted octanol–water partition coefficient (Wildman–Crippen LogP) is 0.278. The van der Waals surface area contributed by atoms with Gasteiger partial charge in [0.2, 0.25) is 0 Å². The lowest BCUT2D eigenvalue weighted by Crippen LogP contribution is -2.63. The topological polar surface area (TPSA) is 102 Å². The minimum Gasteiger partial charge on any atom is -0.507 e. The SMILES string of the molecule is CC(=O)O[Si](CCCN)(C1(C)OO1)C1(C)OO1. The molecule has 2 N–H and O–H groups in total. The number of carbonyl (C=O) groups excluding carboxylic acids is 1. The van der Waals surface area contributed by atoms with Crippen molar-refractivity contribution in [1.82, 2.24) is 0 Å². The second-order valence-electron chi connectivity index (χ2n) is 4.54. The fraction of sp³-hybridized carbons (Fsp3) is 0.889. The first-order valence-corrected chi connectivity index (χ1v) is 7.64. The molecule has 7 nitrogen and oxygen atoms in total. The maximum absolute atomic E-state index is 11.3. The minimum absolute atomic E-state index is 0.394. The molecule has 0 spiro atoms. The zero-order chi connectivity index (χ0) is 12.7. The van der Waals surface area contributed by atoms with Gasteiger partial charge in [-0.05, 0) is 32.9 Å². The molecule has 2 rings (SSSR count). The molecule has 2 fully saturated rings. The molecule has 2 saturated heterocycles. The molecule has 2 aliphatic heterocycles. The molecule has 2 aliphatic rings. The van der Waals surface area contributed by atoms with E-state index in [1.54, 1.807) is 13.8 Å². The fourth-order valence-corrected chi connectivity index (χ4v) is 6.11. The Kier molecular flexibility index (Phi) is 3.05. The molecule has 0 unspecified atom stereocenters. The Morgan fingerprint density at radius 3 is 2.00 bits per heavy atom. The Balaban J connectivity index is 2.27. The summed E-state index contributed by atoms with van der Waals surface area (Å²) < 4.78 is 5.54. The molecule has 0 aromatic carbocycles. The van der Waals surface area contributed by atoms with Gasteiger partial charge in [-0.1, -0.05) is 0 Å². The van der Waals surface area contributed by atoms with Crippen LogP contribution in [0.5, 0.6) is 0 Å². The molecule has 0 saturated carbocycles. The highest BCUT2D eigenvalue weighted by Crippen LogP contribution is 2.54. The average molecular weight is 263 g/mol. The average Bonchev–Trinajstić information content (AvgIpc) is 3.13. The van der Waals surface area contributed by atoms with Gasteiger partial charge in [-0.3, -0.25) is 4.79 Å². The number of rotatable bonds is 6. The van der Waals surface area contributed by atoms with Gasteiger partial charge in [0.05, 0.1) is 0 Å². The van der Waals surface area contributed by atoms with E-state index in [9.17, 15) is 4.79 Å². The third kappa shape index (κ3) is 2.00. The predicted molar refractivity (Wildman–Crippen MR) is 57.1 cm³/mol. The Labute approximate surface area is 100 Å². The second-order valence-corrected chi connectivity index (χ2v) is 8.71. The third-order valence-electron chi connectivity index (χ3n) is 3.18. The van der Waals surface area contributed by atoms with Gasteiger partial charge in [-0.25, -0.2) is 0 Å². The van der Waals surface area contributed by atoms with Gasteiger partial charge in [0.25, 0.3) is 16.8 Å². The van der Waals surface area contributed by atoms with Crippen molar-refractivity contribution in [2.24, 2.45) is 5.73 Å². The van der Waals surface area contributed by atoms with Gasteiger partial charge >= 0.3 is 8.32 Å². The minimum atomic E-state index is -2.88. The molecule has 17 heavy (non-hydrogen) atoms. The smallest absolute Gasteiger partial charge is 0.390 e. The number of hydrogen-bond donors (Lipinski definition) is 1. The van der Waals surface area contributed by atoms with Crippen LogP contribution in [0.2, 0.25) is 6.04 Å². The quantitative estimate of drug-likeness (QED) is 0.417. The highest BCUT2D eigenvalue weighted by Gasteiger charge is 2.82. The molecule has 0 aromatic heterocycles. The lowest BCUT2D eigenvalue weighted by molar-refractivity contribution is -0.133. The van der Waals surface area contributed by atoms with E-state index in [-0.39, 0.29) is 0 Å². The van der Waals surface area contributed by atoms with Crippen LogP contribution < -0.4 is 5.73 Å². The van der Waals surface area contributed by atoms with Crippen LogP contribution in [0.15, 0.2) is 0 Å². The van der Waals surface area contributed by atoms with Crippen molar-refractivity contribution in [1.29, 1.82) is 0 Å². The molecule has 8 heteroatoms. The molecule has 0 radical (unpaired) electrons. The molecule has 0 aromatic rings. The largest absolute Gasteiger partial charge is 0.507 e. The molecular weight excluding hydrogens is 246 g/mol. The van der Waals surface area contributed by atoms with E-state index >= 15 is 0 Å². The molecule has 0 atom stereocenters. The summed E-state index contributed by atoms with van der Waals surface area (Å²) in [5.74, 6) is -0.394. The van der Waals surface area contributed by atoms with Crippen molar-refractivity contribution >= 4 is 14.3 Å². The van der Waals surface area contributed by atoms with E-state index in [1.807, 2.05) is 0 Å². The molecule has 2 heterocycles.